The lowest BCUT2D eigenvalue weighted by molar-refractivity contribution is -0.140. The van der Waals surface area contributed by atoms with Gasteiger partial charge in [0.2, 0.25) is 0 Å². The molecule has 144 valence electrons. The highest BCUT2D eigenvalue weighted by Crippen LogP contribution is 2.27. The summed E-state index contributed by atoms with van der Waals surface area (Å²) < 4.78 is 16.7. The minimum atomic E-state index is -0.438. The van der Waals surface area contributed by atoms with Crippen LogP contribution < -0.4 is 0 Å². The molecule has 0 spiro atoms. The van der Waals surface area contributed by atoms with E-state index >= 15 is 0 Å². The lowest BCUT2D eigenvalue weighted by atomic mass is 10.0. The number of hydrogen-bond donors (Lipinski definition) is 0. The third-order valence-corrected chi connectivity index (χ3v) is 4.67. The van der Waals surface area contributed by atoms with Crippen molar-refractivity contribution >= 4 is 28.6 Å². The normalized spacial score (nSPS) is 15.6. The zero-order valence-electron chi connectivity index (χ0n) is 15.5. The van der Waals surface area contributed by atoms with Crippen molar-refractivity contribution in [2.24, 2.45) is 0 Å². The van der Waals surface area contributed by atoms with E-state index in [0.717, 1.165) is 17.5 Å². The number of nitrogens with zero attached hydrogens (tertiary/aromatic N) is 1. The van der Waals surface area contributed by atoms with Gasteiger partial charge in [-0.2, -0.15) is 0 Å². The van der Waals surface area contributed by atoms with Crippen LogP contribution in [-0.2, 0) is 25.5 Å². The molecule has 0 saturated carbocycles. The maximum atomic E-state index is 12.8. The summed E-state index contributed by atoms with van der Waals surface area (Å²) in [5.41, 5.74) is 1.87. The summed E-state index contributed by atoms with van der Waals surface area (Å²) in [7, 11) is 2.68. The molecular weight excluding hydrogens is 350 g/mol. The Morgan fingerprint density at radius 1 is 1.15 bits per heavy atom. The first-order chi connectivity index (χ1) is 13.0. The summed E-state index contributed by atoms with van der Waals surface area (Å²) in [6.45, 7) is 1.39. The molecule has 0 bridgehead atoms. The van der Waals surface area contributed by atoms with Crippen LogP contribution in [0.2, 0.25) is 0 Å². The summed E-state index contributed by atoms with van der Waals surface area (Å²) in [6.07, 6.45) is 3.83. The third-order valence-electron chi connectivity index (χ3n) is 4.67. The van der Waals surface area contributed by atoms with Crippen LogP contribution in [0.4, 0.5) is 0 Å². The molecule has 1 aliphatic rings. The fraction of sp³-hybridized carbons (Fsp3) is 0.450. The van der Waals surface area contributed by atoms with Crippen LogP contribution >= 0.6 is 0 Å². The SMILES string of the molecule is COC(=O)CCCCC(=O)c1cn(CC2CO2)c2ccc(C(=O)OC)cc12. The zero-order valence-corrected chi connectivity index (χ0v) is 15.5. The van der Waals surface area contributed by atoms with Crippen molar-refractivity contribution < 1.29 is 28.6 Å². The second kappa shape index (κ2) is 8.35. The van der Waals surface area contributed by atoms with Crippen LogP contribution in [0.15, 0.2) is 24.4 Å². The lowest BCUT2D eigenvalue weighted by Crippen LogP contribution is -2.03. The topological polar surface area (TPSA) is 87.1 Å². The largest absolute Gasteiger partial charge is 0.469 e. The van der Waals surface area contributed by atoms with E-state index in [2.05, 4.69) is 4.74 Å². The number of fused-ring (bicyclic) bond motifs is 1. The quantitative estimate of drug-likeness (QED) is 0.291. The van der Waals surface area contributed by atoms with Gasteiger partial charge >= 0.3 is 11.9 Å². The van der Waals surface area contributed by atoms with Crippen LogP contribution in [0, 0.1) is 0 Å². The zero-order chi connectivity index (χ0) is 19.4. The number of esters is 2. The third kappa shape index (κ3) is 4.54. The van der Waals surface area contributed by atoms with Gasteiger partial charge in [0, 0.05) is 35.5 Å². The first-order valence-corrected chi connectivity index (χ1v) is 8.96. The van der Waals surface area contributed by atoms with Crippen molar-refractivity contribution in [3.8, 4) is 0 Å². The van der Waals surface area contributed by atoms with E-state index in [0.29, 0.717) is 43.4 Å². The highest BCUT2D eigenvalue weighted by atomic mass is 16.6. The van der Waals surface area contributed by atoms with Gasteiger partial charge in [-0.3, -0.25) is 9.59 Å². The van der Waals surface area contributed by atoms with Crippen molar-refractivity contribution in [3.05, 3.63) is 35.5 Å². The summed E-state index contributed by atoms with van der Waals surface area (Å²) in [6, 6.07) is 5.23. The van der Waals surface area contributed by atoms with Crippen molar-refractivity contribution in [3.63, 3.8) is 0 Å². The van der Waals surface area contributed by atoms with Crippen molar-refractivity contribution in [1.82, 2.24) is 4.57 Å². The van der Waals surface area contributed by atoms with E-state index in [9.17, 15) is 14.4 Å². The molecule has 1 saturated heterocycles. The summed E-state index contributed by atoms with van der Waals surface area (Å²) in [4.78, 5) is 35.8. The Hall–Kier alpha value is -2.67. The van der Waals surface area contributed by atoms with Gasteiger partial charge in [0.25, 0.3) is 0 Å². The standard InChI is InChI=1S/C20H23NO6/c1-25-19(23)6-4-3-5-18(22)16-11-21(10-14-12-27-14)17-8-7-13(9-15(16)17)20(24)26-2/h7-9,11,14H,3-6,10,12H2,1-2H3. The molecular formula is C20H23NO6. The average molecular weight is 373 g/mol. The van der Waals surface area contributed by atoms with Gasteiger partial charge in [0.1, 0.15) is 0 Å². The van der Waals surface area contributed by atoms with E-state index in [1.54, 1.807) is 12.1 Å². The number of methoxy groups -OCH3 is 2. The van der Waals surface area contributed by atoms with Gasteiger partial charge in [-0.25, -0.2) is 4.79 Å². The molecule has 0 radical (unpaired) electrons. The molecule has 3 rings (SSSR count). The molecule has 1 atom stereocenters. The molecule has 27 heavy (non-hydrogen) atoms. The Labute approximate surface area is 157 Å². The lowest BCUT2D eigenvalue weighted by Gasteiger charge is -2.04. The minimum absolute atomic E-state index is 0.0117. The molecule has 1 aromatic heterocycles. The predicted molar refractivity (Wildman–Crippen MR) is 97.8 cm³/mol. The maximum Gasteiger partial charge on any atom is 0.337 e. The number of epoxide rings is 1. The molecule has 7 nitrogen and oxygen atoms in total. The molecule has 1 fully saturated rings. The second-order valence-corrected chi connectivity index (χ2v) is 6.58. The van der Waals surface area contributed by atoms with Gasteiger partial charge in [-0.15, -0.1) is 0 Å². The number of ketones is 1. The Morgan fingerprint density at radius 3 is 2.56 bits per heavy atom. The smallest absolute Gasteiger partial charge is 0.337 e. The summed E-state index contributed by atoms with van der Waals surface area (Å²) in [5, 5.41) is 0.733. The number of carbonyl (C=O) groups is 3. The molecule has 1 unspecified atom stereocenters. The van der Waals surface area contributed by atoms with Crippen LogP contribution in [-0.4, -0.2) is 49.2 Å². The monoisotopic (exact) mass is 373 g/mol. The Balaban J connectivity index is 1.82. The first kappa shape index (κ1) is 19.1. The van der Waals surface area contributed by atoms with Crippen LogP contribution in [0.5, 0.6) is 0 Å². The van der Waals surface area contributed by atoms with E-state index < -0.39 is 5.97 Å². The molecule has 1 aromatic carbocycles. The molecule has 2 heterocycles. The van der Waals surface area contributed by atoms with E-state index in [1.165, 1.54) is 14.2 Å². The number of aromatic nitrogens is 1. The fourth-order valence-corrected chi connectivity index (χ4v) is 3.10. The number of ether oxygens (including phenoxy) is 3. The highest BCUT2D eigenvalue weighted by Gasteiger charge is 2.25. The van der Waals surface area contributed by atoms with E-state index in [-0.39, 0.29) is 17.9 Å². The number of unbranched alkanes of at least 4 members (excludes halogenated alkanes) is 1. The number of carbonyl (C=O) groups excluding carboxylic acids is 3. The average Bonchev–Trinajstić information content (AvgIpc) is 3.43. The molecule has 0 aliphatic carbocycles. The van der Waals surface area contributed by atoms with Crippen molar-refractivity contribution in [1.29, 1.82) is 0 Å². The second-order valence-electron chi connectivity index (χ2n) is 6.58. The van der Waals surface area contributed by atoms with E-state index in [4.69, 9.17) is 9.47 Å². The molecule has 0 N–H and O–H groups in total. The van der Waals surface area contributed by atoms with Gasteiger partial charge < -0.3 is 18.8 Å². The van der Waals surface area contributed by atoms with Gasteiger partial charge in [-0.05, 0) is 31.0 Å². The number of rotatable bonds is 9. The predicted octanol–water partition coefficient (Wildman–Crippen LogP) is 2.74. The first-order valence-electron chi connectivity index (χ1n) is 8.96. The van der Waals surface area contributed by atoms with Gasteiger partial charge in [-0.1, -0.05) is 0 Å². The number of benzene rings is 1. The molecule has 0 amide bonds. The maximum absolute atomic E-state index is 12.8. The number of hydrogen-bond acceptors (Lipinski definition) is 6. The van der Waals surface area contributed by atoms with Crippen molar-refractivity contribution in [2.75, 3.05) is 20.8 Å². The molecule has 1 aliphatic heterocycles. The highest BCUT2D eigenvalue weighted by molar-refractivity contribution is 6.09. The van der Waals surface area contributed by atoms with Crippen molar-refractivity contribution in [2.45, 2.75) is 38.3 Å². The Morgan fingerprint density at radius 2 is 1.89 bits per heavy atom. The fourth-order valence-electron chi connectivity index (χ4n) is 3.10. The van der Waals surface area contributed by atoms with Gasteiger partial charge in [0.15, 0.2) is 5.78 Å². The Bertz CT molecular complexity index is 865. The minimum Gasteiger partial charge on any atom is -0.469 e. The van der Waals surface area contributed by atoms with Crippen LogP contribution in [0.1, 0.15) is 46.4 Å². The molecule has 7 heteroatoms. The molecule has 2 aromatic rings. The van der Waals surface area contributed by atoms with Gasteiger partial charge in [0.05, 0.1) is 39.0 Å². The number of Topliss-reactive ketones (excluding diaryl/α,β-unsaturated/α-hetero) is 1. The van der Waals surface area contributed by atoms with E-state index in [1.807, 2.05) is 16.8 Å². The summed E-state index contributed by atoms with van der Waals surface area (Å²) >= 11 is 0. The summed E-state index contributed by atoms with van der Waals surface area (Å²) in [5.74, 6) is -0.722. The van der Waals surface area contributed by atoms with Crippen LogP contribution in [0.3, 0.4) is 0 Å². The van der Waals surface area contributed by atoms with Crippen LogP contribution in [0.25, 0.3) is 10.9 Å². The Kier molecular flexibility index (Phi) is 5.91.